The Morgan fingerprint density at radius 3 is 2.42 bits per heavy atom. The minimum absolute atomic E-state index is 0.0216. The maximum atomic E-state index is 13.8. The van der Waals surface area contributed by atoms with Crippen molar-refractivity contribution in [2.75, 3.05) is 13.1 Å². The molecule has 4 rings (SSSR count). The number of hydrogen-bond donors (Lipinski definition) is 1. The van der Waals surface area contributed by atoms with Gasteiger partial charge in [0, 0.05) is 24.0 Å². The fraction of sp³-hybridized carbons (Fsp3) is 0.500. The lowest BCUT2D eigenvalue weighted by Crippen LogP contribution is -2.53. The van der Waals surface area contributed by atoms with Gasteiger partial charge in [-0.3, -0.25) is 4.79 Å². The normalized spacial score (nSPS) is 22.8. The average molecular weight is 460 g/mol. The van der Waals surface area contributed by atoms with Gasteiger partial charge in [0.1, 0.15) is 0 Å². The number of halogens is 2. The molecule has 166 valence electrons. The summed E-state index contributed by atoms with van der Waals surface area (Å²) in [5.41, 5.74) is 0.226. The molecule has 3 atom stereocenters. The van der Waals surface area contributed by atoms with E-state index >= 15 is 0 Å². The second-order valence-electron chi connectivity index (χ2n) is 9.10. The van der Waals surface area contributed by atoms with E-state index in [0.717, 1.165) is 56.1 Å². The molecule has 2 aromatic rings. The molecule has 0 radical (unpaired) electrons. The highest BCUT2D eigenvalue weighted by molar-refractivity contribution is 6.32. The maximum absolute atomic E-state index is 13.8. The summed E-state index contributed by atoms with van der Waals surface area (Å²) in [4.78, 5) is 15.7. The highest BCUT2D eigenvalue weighted by Gasteiger charge is 2.48. The number of carbonyl (C=O) groups excluding carboxylic acids is 1. The van der Waals surface area contributed by atoms with Crippen LogP contribution in [0.5, 0.6) is 0 Å². The molecule has 1 N–H and O–H groups in total. The van der Waals surface area contributed by atoms with Crippen LogP contribution in [-0.2, 0) is 10.4 Å². The molecule has 1 aliphatic heterocycles. The van der Waals surface area contributed by atoms with Crippen molar-refractivity contribution < 1.29 is 9.90 Å². The van der Waals surface area contributed by atoms with Gasteiger partial charge in [0.25, 0.3) is 5.91 Å². The predicted octanol–water partition coefficient (Wildman–Crippen LogP) is 6.33. The van der Waals surface area contributed by atoms with Gasteiger partial charge in [-0.2, -0.15) is 0 Å². The van der Waals surface area contributed by atoms with E-state index in [1.165, 1.54) is 0 Å². The minimum atomic E-state index is -1.44. The Kier molecular flexibility index (Phi) is 7.26. The Morgan fingerprint density at radius 2 is 1.71 bits per heavy atom. The van der Waals surface area contributed by atoms with Gasteiger partial charge in [-0.1, -0.05) is 73.0 Å². The quantitative estimate of drug-likeness (QED) is 0.512. The van der Waals surface area contributed by atoms with Crippen LogP contribution in [-0.4, -0.2) is 29.0 Å². The van der Waals surface area contributed by atoms with Crippen LogP contribution in [0.1, 0.15) is 61.4 Å². The van der Waals surface area contributed by atoms with Gasteiger partial charge < -0.3 is 10.0 Å². The molecule has 2 aromatic carbocycles. The van der Waals surface area contributed by atoms with E-state index in [0.29, 0.717) is 24.0 Å². The Morgan fingerprint density at radius 1 is 1.03 bits per heavy atom. The van der Waals surface area contributed by atoms with Gasteiger partial charge in [0.2, 0.25) is 0 Å². The number of benzene rings is 2. The lowest BCUT2D eigenvalue weighted by atomic mass is 9.78. The van der Waals surface area contributed by atoms with Gasteiger partial charge >= 0.3 is 0 Å². The molecular weight excluding hydrogens is 429 g/mol. The first-order valence-electron chi connectivity index (χ1n) is 11.5. The third-order valence-corrected chi connectivity index (χ3v) is 7.83. The summed E-state index contributed by atoms with van der Waals surface area (Å²) in [6.45, 7) is 1.32. The van der Waals surface area contributed by atoms with Crippen molar-refractivity contribution in [2.45, 2.75) is 55.9 Å². The highest BCUT2D eigenvalue weighted by atomic mass is 35.5. The van der Waals surface area contributed by atoms with Crippen molar-refractivity contribution in [3.8, 4) is 0 Å². The summed E-state index contributed by atoms with van der Waals surface area (Å²) in [6, 6.07) is 17.2. The number of alkyl halides is 1. The van der Waals surface area contributed by atoms with Crippen LogP contribution in [0.15, 0.2) is 54.6 Å². The van der Waals surface area contributed by atoms with Crippen molar-refractivity contribution in [3.63, 3.8) is 0 Å². The fourth-order valence-electron chi connectivity index (χ4n) is 5.40. The van der Waals surface area contributed by atoms with Crippen LogP contribution in [0.25, 0.3) is 0 Å². The third kappa shape index (κ3) is 4.79. The van der Waals surface area contributed by atoms with E-state index in [1.54, 1.807) is 0 Å². The van der Waals surface area contributed by atoms with Crippen LogP contribution in [0.4, 0.5) is 0 Å². The van der Waals surface area contributed by atoms with Gasteiger partial charge in [-0.25, -0.2) is 0 Å². The zero-order valence-corrected chi connectivity index (χ0v) is 19.4. The molecule has 2 fully saturated rings. The number of rotatable bonds is 6. The van der Waals surface area contributed by atoms with E-state index in [1.807, 2.05) is 59.5 Å². The summed E-state index contributed by atoms with van der Waals surface area (Å²) in [7, 11) is 0. The van der Waals surface area contributed by atoms with Crippen molar-refractivity contribution in [1.29, 1.82) is 0 Å². The van der Waals surface area contributed by atoms with Crippen molar-refractivity contribution in [3.05, 3.63) is 70.7 Å². The van der Waals surface area contributed by atoms with Crippen LogP contribution in [0.2, 0.25) is 5.02 Å². The molecule has 1 saturated carbocycles. The lowest BCUT2D eigenvalue weighted by molar-refractivity contribution is -0.161. The Labute approximate surface area is 195 Å². The number of piperidine rings is 1. The fourth-order valence-corrected chi connectivity index (χ4v) is 6.17. The number of aliphatic hydroxyl groups is 1. The molecule has 0 bridgehead atoms. The van der Waals surface area contributed by atoms with E-state index < -0.39 is 5.60 Å². The van der Waals surface area contributed by atoms with E-state index in [9.17, 15) is 9.90 Å². The summed E-state index contributed by atoms with van der Waals surface area (Å²) in [5, 5.41) is 12.4. The van der Waals surface area contributed by atoms with Gasteiger partial charge in [0.15, 0.2) is 5.60 Å². The molecule has 0 spiro atoms. The lowest BCUT2D eigenvalue weighted by Gasteiger charge is -2.41. The van der Waals surface area contributed by atoms with Crippen LogP contribution in [0, 0.1) is 11.8 Å². The first-order valence-corrected chi connectivity index (χ1v) is 12.3. The molecule has 2 aliphatic rings. The molecule has 1 amide bonds. The summed E-state index contributed by atoms with van der Waals surface area (Å²) >= 11 is 13.1. The van der Waals surface area contributed by atoms with E-state index in [-0.39, 0.29) is 17.2 Å². The molecular formula is C26H31Cl2NO2. The molecule has 3 unspecified atom stereocenters. The smallest absolute Gasteiger partial charge is 0.259 e. The number of nitrogens with zero attached hydrogens (tertiary/aromatic N) is 1. The van der Waals surface area contributed by atoms with Crippen LogP contribution in [0.3, 0.4) is 0 Å². The van der Waals surface area contributed by atoms with Crippen molar-refractivity contribution >= 4 is 29.1 Å². The van der Waals surface area contributed by atoms with Crippen LogP contribution >= 0.6 is 23.2 Å². The second-order valence-corrected chi connectivity index (χ2v) is 10.0. The van der Waals surface area contributed by atoms with Crippen molar-refractivity contribution in [2.24, 2.45) is 11.8 Å². The maximum Gasteiger partial charge on any atom is 0.259 e. The SMILES string of the molecule is O=C(N1CCCC(CC(Cl)c2ccccc2Cl)C1)C(O)(c1ccccc1)C1CCCC1. The number of carbonyl (C=O) groups is 1. The zero-order chi connectivity index (χ0) is 21.8. The van der Waals surface area contributed by atoms with Gasteiger partial charge in [0.05, 0.1) is 5.38 Å². The standard InChI is InChI=1S/C26H31Cl2NO2/c27-23-15-7-6-14-22(23)24(28)17-19-9-8-16-29(18-19)25(30)26(31,21-12-4-5-13-21)20-10-2-1-3-11-20/h1-3,6-7,10-11,14-15,19,21,24,31H,4-5,8-9,12-13,16-18H2. The summed E-state index contributed by atoms with van der Waals surface area (Å²) < 4.78 is 0. The first kappa shape index (κ1) is 22.6. The van der Waals surface area contributed by atoms with E-state index in [2.05, 4.69) is 0 Å². The Balaban J connectivity index is 1.51. The molecule has 5 heteroatoms. The third-order valence-electron chi connectivity index (χ3n) is 7.08. The molecule has 1 saturated heterocycles. The monoisotopic (exact) mass is 459 g/mol. The highest BCUT2D eigenvalue weighted by Crippen LogP contribution is 2.43. The van der Waals surface area contributed by atoms with Gasteiger partial charge in [-0.05, 0) is 55.2 Å². The Bertz CT molecular complexity index is 884. The molecule has 3 nitrogen and oxygen atoms in total. The average Bonchev–Trinajstić information content (AvgIpc) is 3.34. The molecule has 0 aromatic heterocycles. The predicted molar refractivity (Wildman–Crippen MR) is 126 cm³/mol. The molecule has 1 aliphatic carbocycles. The van der Waals surface area contributed by atoms with Crippen LogP contribution < -0.4 is 0 Å². The summed E-state index contributed by atoms with van der Waals surface area (Å²) in [5.74, 6) is 0.130. The first-order chi connectivity index (χ1) is 15.0. The zero-order valence-electron chi connectivity index (χ0n) is 17.9. The molecule has 1 heterocycles. The Hall–Kier alpha value is -1.55. The topological polar surface area (TPSA) is 40.5 Å². The number of likely N-dealkylation sites (tertiary alicyclic amines) is 1. The molecule has 31 heavy (non-hydrogen) atoms. The van der Waals surface area contributed by atoms with Crippen molar-refractivity contribution in [1.82, 2.24) is 4.90 Å². The summed E-state index contributed by atoms with van der Waals surface area (Å²) in [6.07, 6.45) is 6.66. The number of amides is 1. The van der Waals surface area contributed by atoms with E-state index in [4.69, 9.17) is 23.2 Å². The number of hydrogen-bond acceptors (Lipinski definition) is 2. The minimum Gasteiger partial charge on any atom is -0.375 e. The van der Waals surface area contributed by atoms with Gasteiger partial charge in [-0.15, -0.1) is 11.6 Å². The second kappa shape index (κ2) is 9.94. The largest absolute Gasteiger partial charge is 0.375 e.